The zero-order valence-corrected chi connectivity index (χ0v) is 29.2. The second kappa shape index (κ2) is 13.5. The summed E-state index contributed by atoms with van der Waals surface area (Å²) < 4.78 is 2.12. The summed E-state index contributed by atoms with van der Waals surface area (Å²) in [6.45, 7) is 8.99. The number of rotatable bonds is 7. The van der Waals surface area contributed by atoms with Gasteiger partial charge in [-0.1, -0.05) is 117 Å². The van der Waals surface area contributed by atoms with Gasteiger partial charge >= 0.3 is 0 Å². The molecule has 0 saturated heterocycles. The molecular weight excluding hydrogens is 758 g/mol. The zero-order valence-electron chi connectivity index (χ0n) is 26.9. The molecule has 0 saturated carbocycles. The number of aromatic nitrogens is 3. The van der Waals surface area contributed by atoms with Crippen molar-refractivity contribution in [1.29, 1.82) is 0 Å². The molecule has 47 heavy (non-hydrogen) atoms. The largest absolute Gasteiger partial charge is 0.507 e. The molecule has 1 N–H and O–H groups in total. The van der Waals surface area contributed by atoms with E-state index in [0.29, 0.717) is 23.2 Å². The molecule has 0 unspecified atom stereocenters. The van der Waals surface area contributed by atoms with E-state index >= 15 is 0 Å². The number of phenolic OH excluding ortho intramolecular Hbond substituents is 1. The second-order valence-electron chi connectivity index (χ2n) is 12.4. The van der Waals surface area contributed by atoms with Crippen molar-refractivity contribution in [1.82, 2.24) is 14.5 Å². The minimum atomic E-state index is 0. The molecular formula is C42H36N3OPt-. The Hall–Kier alpha value is -4.79. The van der Waals surface area contributed by atoms with Crippen LogP contribution >= 0.6 is 0 Å². The third kappa shape index (κ3) is 6.31. The quantitative estimate of drug-likeness (QED) is 0.164. The fourth-order valence-electron chi connectivity index (χ4n) is 6.05. The number of hydrogen-bond acceptors (Lipinski definition) is 3. The number of benzene rings is 5. The van der Waals surface area contributed by atoms with Crippen LogP contribution in [0.2, 0.25) is 0 Å². The molecule has 2 heterocycles. The molecule has 0 aliphatic heterocycles. The smallest absolute Gasteiger partial charge is 0.148 e. The summed E-state index contributed by atoms with van der Waals surface area (Å²) >= 11 is 0. The van der Waals surface area contributed by atoms with Crippen LogP contribution in [0.1, 0.15) is 50.7 Å². The minimum Gasteiger partial charge on any atom is -0.507 e. The molecule has 0 aliphatic carbocycles. The summed E-state index contributed by atoms with van der Waals surface area (Å²) in [7, 11) is 0. The van der Waals surface area contributed by atoms with Gasteiger partial charge in [-0.25, -0.2) is 4.98 Å². The van der Waals surface area contributed by atoms with Gasteiger partial charge in [0.25, 0.3) is 0 Å². The second-order valence-corrected chi connectivity index (χ2v) is 12.4. The van der Waals surface area contributed by atoms with E-state index in [0.717, 1.165) is 44.7 Å². The molecule has 0 radical (unpaired) electrons. The van der Waals surface area contributed by atoms with E-state index in [4.69, 9.17) is 9.97 Å². The van der Waals surface area contributed by atoms with Crippen LogP contribution in [0.5, 0.6) is 5.75 Å². The van der Waals surface area contributed by atoms with Crippen molar-refractivity contribution < 1.29 is 26.2 Å². The van der Waals surface area contributed by atoms with E-state index in [2.05, 4.69) is 99.0 Å². The van der Waals surface area contributed by atoms with Crippen molar-refractivity contribution in [3.05, 3.63) is 145 Å². The number of fused-ring (bicyclic) bond motifs is 1. The molecule has 7 rings (SSSR count). The molecule has 0 spiro atoms. The predicted molar refractivity (Wildman–Crippen MR) is 189 cm³/mol. The van der Waals surface area contributed by atoms with Crippen molar-refractivity contribution in [2.75, 3.05) is 0 Å². The van der Waals surface area contributed by atoms with Crippen molar-refractivity contribution in [2.45, 2.75) is 39.5 Å². The molecule has 0 fully saturated rings. The van der Waals surface area contributed by atoms with Gasteiger partial charge in [-0.3, -0.25) is 9.55 Å². The molecule has 4 nitrogen and oxygen atoms in total. The van der Waals surface area contributed by atoms with E-state index in [9.17, 15) is 5.11 Å². The molecule has 5 heteroatoms. The van der Waals surface area contributed by atoms with Crippen LogP contribution in [0.25, 0.3) is 61.6 Å². The molecule has 0 amide bonds. The first-order valence-corrected chi connectivity index (χ1v) is 15.9. The van der Waals surface area contributed by atoms with Crippen molar-refractivity contribution in [3.8, 4) is 56.3 Å². The number of imidazole rings is 1. The van der Waals surface area contributed by atoms with Gasteiger partial charge in [0, 0.05) is 38.6 Å². The Morgan fingerprint density at radius 3 is 1.96 bits per heavy atom. The van der Waals surface area contributed by atoms with Gasteiger partial charge in [0.2, 0.25) is 0 Å². The summed E-state index contributed by atoms with van der Waals surface area (Å²) in [6, 6.07) is 44.9. The van der Waals surface area contributed by atoms with Gasteiger partial charge in [-0.2, -0.15) is 0 Å². The fraction of sp³-hybridized carbons (Fsp3) is 0.143. The summed E-state index contributed by atoms with van der Waals surface area (Å²) in [6.07, 6.45) is 1.83. The van der Waals surface area contributed by atoms with Crippen LogP contribution in [0.3, 0.4) is 0 Å². The SMILES string of the molecule is CC(C)c1cc(-c2cc(-c3ccccn3)[c-]c(-c3cccc4c3nc(-c3ccccc3O)n4-c3ccccc3)c2)cc(C(C)C)c1.[Pt]. The van der Waals surface area contributed by atoms with Crippen molar-refractivity contribution >= 4 is 11.0 Å². The monoisotopic (exact) mass is 793 g/mol. The predicted octanol–water partition coefficient (Wildman–Crippen LogP) is 10.8. The van der Waals surface area contributed by atoms with Crippen LogP contribution in [0.4, 0.5) is 0 Å². The maximum atomic E-state index is 10.9. The number of nitrogens with zero attached hydrogens (tertiary/aromatic N) is 3. The Morgan fingerprint density at radius 1 is 0.638 bits per heavy atom. The Labute approximate surface area is 291 Å². The Morgan fingerprint density at radius 2 is 1.28 bits per heavy atom. The average Bonchev–Trinajstić information content (AvgIpc) is 3.48. The Kier molecular flexibility index (Phi) is 9.25. The van der Waals surface area contributed by atoms with E-state index < -0.39 is 0 Å². The molecule has 0 atom stereocenters. The van der Waals surface area contributed by atoms with Crippen LogP contribution in [0.15, 0.2) is 128 Å². The molecule has 0 aliphatic rings. The maximum Gasteiger partial charge on any atom is 0.148 e. The topological polar surface area (TPSA) is 50.9 Å². The third-order valence-electron chi connectivity index (χ3n) is 8.59. The molecule has 5 aromatic carbocycles. The Bertz CT molecular complexity index is 2140. The van der Waals surface area contributed by atoms with Gasteiger partial charge < -0.3 is 5.11 Å². The fourth-order valence-corrected chi connectivity index (χ4v) is 6.05. The Balaban J connectivity index is 0.00000386. The first kappa shape index (κ1) is 32.2. The van der Waals surface area contributed by atoms with Gasteiger partial charge in [0.15, 0.2) is 0 Å². The molecule has 236 valence electrons. The van der Waals surface area contributed by atoms with E-state index in [1.807, 2.05) is 60.8 Å². The summed E-state index contributed by atoms with van der Waals surface area (Å²) in [5.41, 5.74) is 12.1. The van der Waals surface area contributed by atoms with E-state index in [1.165, 1.54) is 16.7 Å². The normalized spacial score (nSPS) is 11.3. The van der Waals surface area contributed by atoms with Gasteiger partial charge in [-0.05, 0) is 64.9 Å². The van der Waals surface area contributed by atoms with E-state index in [1.54, 1.807) is 6.07 Å². The summed E-state index contributed by atoms with van der Waals surface area (Å²) in [5, 5.41) is 10.9. The van der Waals surface area contributed by atoms with Crippen LogP contribution in [-0.4, -0.2) is 19.6 Å². The van der Waals surface area contributed by atoms with Gasteiger partial charge in [0.1, 0.15) is 11.6 Å². The van der Waals surface area contributed by atoms with Crippen LogP contribution in [0, 0.1) is 6.07 Å². The zero-order chi connectivity index (χ0) is 31.8. The van der Waals surface area contributed by atoms with Crippen molar-refractivity contribution in [3.63, 3.8) is 0 Å². The molecule has 0 bridgehead atoms. The number of para-hydroxylation sites is 3. The average molecular weight is 794 g/mol. The first-order chi connectivity index (χ1) is 22.4. The third-order valence-corrected chi connectivity index (χ3v) is 8.59. The van der Waals surface area contributed by atoms with Crippen molar-refractivity contribution in [2.24, 2.45) is 0 Å². The number of pyridine rings is 1. The number of aromatic hydroxyl groups is 1. The van der Waals surface area contributed by atoms with Crippen LogP contribution in [-0.2, 0) is 21.1 Å². The van der Waals surface area contributed by atoms with Gasteiger partial charge in [-0.15, -0.1) is 23.8 Å². The number of hydrogen-bond donors (Lipinski definition) is 1. The van der Waals surface area contributed by atoms with E-state index in [-0.39, 0.29) is 26.8 Å². The maximum absolute atomic E-state index is 10.9. The van der Waals surface area contributed by atoms with Crippen LogP contribution < -0.4 is 0 Å². The molecule has 2 aromatic heterocycles. The summed E-state index contributed by atoms with van der Waals surface area (Å²) in [4.78, 5) is 9.94. The first-order valence-electron chi connectivity index (χ1n) is 15.9. The van der Waals surface area contributed by atoms with Gasteiger partial charge in [0.05, 0.1) is 16.6 Å². The summed E-state index contributed by atoms with van der Waals surface area (Å²) in [5.74, 6) is 1.68. The molecule has 7 aromatic rings. The standard InChI is InChI=1S/C42H36N3O.Pt/c1-27(2)29-21-30(28(3)4)23-31(22-29)32-24-33(26-34(25-32)38-17-10-11-20-43-38)36-16-12-18-39-41(36)44-42(37-15-8-9-19-40(37)46)45(39)35-13-6-5-7-14-35;/h5-25,27-28,46H,1-4H3;/q-1;. The number of phenols is 1. The minimum absolute atomic E-state index is 0.